The number of aliphatic hydroxyl groups excluding tert-OH is 1. The van der Waals surface area contributed by atoms with Crippen LogP contribution >= 0.6 is 0 Å². The molecule has 1 heterocycles. The van der Waals surface area contributed by atoms with Crippen molar-refractivity contribution in [2.24, 2.45) is 5.92 Å². The highest BCUT2D eigenvalue weighted by Crippen LogP contribution is 2.24. The maximum absolute atomic E-state index is 9.63. The molecule has 2 atom stereocenters. The quantitative estimate of drug-likeness (QED) is 0.853. The number of nitrogens with zero attached hydrogens (tertiary/aromatic N) is 2. The van der Waals surface area contributed by atoms with Crippen LogP contribution in [0.3, 0.4) is 0 Å². The third kappa shape index (κ3) is 3.57. The van der Waals surface area contributed by atoms with E-state index in [0.717, 1.165) is 31.6 Å². The fraction of sp³-hybridized carbons (Fsp3) is 0.692. The third-order valence-electron chi connectivity index (χ3n) is 3.35. The van der Waals surface area contributed by atoms with Crippen LogP contribution in [-0.4, -0.2) is 34.8 Å². The first-order valence-electron chi connectivity index (χ1n) is 6.49. The Bertz CT molecular complexity index is 398. The number of ether oxygens (including phenoxy) is 1. The van der Waals surface area contributed by atoms with Crippen LogP contribution in [0.4, 0.5) is 5.82 Å². The minimum atomic E-state index is -0.132. The first kappa shape index (κ1) is 13.1. The van der Waals surface area contributed by atoms with Crippen LogP contribution in [0.2, 0.25) is 0 Å². The fourth-order valence-electron chi connectivity index (χ4n) is 2.43. The second kappa shape index (κ2) is 6.00. The number of nitrogens with one attached hydrogen (secondary N) is 1. The second-order valence-corrected chi connectivity index (χ2v) is 4.91. The fourth-order valence-corrected chi connectivity index (χ4v) is 2.43. The summed E-state index contributed by atoms with van der Waals surface area (Å²) >= 11 is 0. The van der Waals surface area contributed by atoms with E-state index in [1.54, 1.807) is 13.2 Å². The summed E-state index contributed by atoms with van der Waals surface area (Å²) < 4.78 is 5.11. The highest BCUT2D eigenvalue weighted by molar-refractivity contribution is 5.38. The maximum atomic E-state index is 9.63. The van der Waals surface area contributed by atoms with Crippen LogP contribution in [0, 0.1) is 12.8 Å². The van der Waals surface area contributed by atoms with Gasteiger partial charge in [0.15, 0.2) is 0 Å². The molecule has 0 aromatic carbocycles. The zero-order valence-electron chi connectivity index (χ0n) is 11.0. The third-order valence-corrected chi connectivity index (χ3v) is 3.35. The van der Waals surface area contributed by atoms with Crippen LogP contribution in [-0.2, 0) is 0 Å². The number of hydrogen-bond donors (Lipinski definition) is 2. The van der Waals surface area contributed by atoms with Crippen molar-refractivity contribution in [1.82, 2.24) is 9.97 Å². The van der Waals surface area contributed by atoms with E-state index in [0.29, 0.717) is 17.6 Å². The molecule has 0 bridgehead atoms. The van der Waals surface area contributed by atoms with Gasteiger partial charge in [-0.15, -0.1) is 0 Å². The molecule has 1 aromatic heterocycles. The molecule has 2 rings (SSSR count). The van der Waals surface area contributed by atoms with E-state index in [4.69, 9.17) is 4.74 Å². The number of anilines is 1. The largest absolute Gasteiger partial charge is 0.481 e. The predicted octanol–water partition coefficient (Wildman–Crippen LogP) is 1.76. The van der Waals surface area contributed by atoms with Crippen LogP contribution in [0.1, 0.15) is 31.5 Å². The van der Waals surface area contributed by atoms with Gasteiger partial charge in [-0.05, 0) is 32.1 Å². The van der Waals surface area contributed by atoms with Gasteiger partial charge in [0.2, 0.25) is 5.88 Å². The van der Waals surface area contributed by atoms with Crippen LogP contribution in [0.25, 0.3) is 0 Å². The molecule has 0 spiro atoms. The van der Waals surface area contributed by atoms with E-state index >= 15 is 0 Å². The van der Waals surface area contributed by atoms with Crippen molar-refractivity contribution >= 4 is 5.82 Å². The van der Waals surface area contributed by atoms with Gasteiger partial charge in [-0.25, -0.2) is 4.98 Å². The molecule has 1 aliphatic rings. The second-order valence-electron chi connectivity index (χ2n) is 4.91. The molecule has 2 N–H and O–H groups in total. The molecule has 0 radical (unpaired) electrons. The van der Waals surface area contributed by atoms with Crippen LogP contribution in [0.15, 0.2) is 6.07 Å². The molecule has 1 saturated carbocycles. The Kier molecular flexibility index (Phi) is 4.36. The van der Waals surface area contributed by atoms with Gasteiger partial charge in [0.1, 0.15) is 11.6 Å². The van der Waals surface area contributed by atoms with Gasteiger partial charge in [0, 0.05) is 12.6 Å². The van der Waals surface area contributed by atoms with Gasteiger partial charge in [-0.2, -0.15) is 4.98 Å². The minimum absolute atomic E-state index is 0.132. The van der Waals surface area contributed by atoms with Crippen molar-refractivity contribution in [3.8, 4) is 5.88 Å². The van der Waals surface area contributed by atoms with E-state index in [1.165, 1.54) is 6.42 Å². The Balaban J connectivity index is 1.91. The summed E-state index contributed by atoms with van der Waals surface area (Å²) in [6, 6.07) is 1.80. The monoisotopic (exact) mass is 251 g/mol. The van der Waals surface area contributed by atoms with Crippen molar-refractivity contribution in [3.05, 3.63) is 11.9 Å². The zero-order chi connectivity index (χ0) is 13.0. The first-order chi connectivity index (χ1) is 8.67. The Hall–Kier alpha value is -1.36. The molecular weight excluding hydrogens is 230 g/mol. The Morgan fingerprint density at radius 3 is 3.00 bits per heavy atom. The van der Waals surface area contributed by atoms with E-state index in [9.17, 15) is 5.11 Å². The average Bonchev–Trinajstić information content (AvgIpc) is 2.36. The van der Waals surface area contributed by atoms with Crippen molar-refractivity contribution in [1.29, 1.82) is 0 Å². The lowest BCUT2D eigenvalue weighted by molar-refractivity contribution is 0.104. The first-order valence-corrected chi connectivity index (χ1v) is 6.49. The van der Waals surface area contributed by atoms with Gasteiger partial charge in [0.25, 0.3) is 0 Å². The summed E-state index contributed by atoms with van der Waals surface area (Å²) in [6.07, 6.45) is 3.97. The summed E-state index contributed by atoms with van der Waals surface area (Å²) in [5, 5.41) is 12.9. The topological polar surface area (TPSA) is 67.3 Å². The summed E-state index contributed by atoms with van der Waals surface area (Å²) in [6.45, 7) is 2.69. The minimum Gasteiger partial charge on any atom is -0.481 e. The molecule has 1 aliphatic carbocycles. The Morgan fingerprint density at radius 2 is 2.28 bits per heavy atom. The van der Waals surface area contributed by atoms with Crippen molar-refractivity contribution in [2.45, 2.75) is 38.7 Å². The van der Waals surface area contributed by atoms with Gasteiger partial charge >= 0.3 is 0 Å². The SMILES string of the molecule is COc1cc(NCC2CCCC(O)C2)nc(C)n1. The summed E-state index contributed by atoms with van der Waals surface area (Å²) in [5.41, 5.74) is 0. The molecule has 2 unspecified atom stereocenters. The summed E-state index contributed by atoms with van der Waals surface area (Å²) in [5.74, 6) is 2.59. The smallest absolute Gasteiger partial charge is 0.218 e. The number of hydrogen-bond acceptors (Lipinski definition) is 5. The number of aliphatic hydroxyl groups is 1. The standard InChI is InChI=1S/C13H21N3O2/c1-9-15-12(7-13(16-9)18-2)14-8-10-4-3-5-11(17)6-10/h7,10-11,17H,3-6,8H2,1-2H3,(H,14,15,16). The summed E-state index contributed by atoms with van der Waals surface area (Å²) in [7, 11) is 1.60. The molecule has 100 valence electrons. The lowest BCUT2D eigenvalue weighted by Gasteiger charge is -2.26. The van der Waals surface area contributed by atoms with Crippen LogP contribution < -0.4 is 10.1 Å². The molecule has 1 fully saturated rings. The van der Waals surface area contributed by atoms with E-state index in [-0.39, 0.29) is 6.10 Å². The molecule has 18 heavy (non-hydrogen) atoms. The average molecular weight is 251 g/mol. The highest BCUT2D eigenvalue weighted by Gasteiger charge is 2.19. The van der Waals surface area contributed by atoms with E-state index in [1.807, 2.05) is 6.92 Å². The van der Waals surface area contributed by atoms with E-state index in [2.05, 4.69) is 15.3 Å². The van der Waals surface area contributed by atoms with Gasteiger partial charge in [-0.1, -0.05) is 6.42 Å². The van der Waals surface area contributed by atoms with Crippen molar-refractivity contribution in [2.75, 3.05) is 19.0 Å². The van der Waals surface area contributed by atoms with Gasteiger partial charge < -0.3 is 15.2 Å². The van der Waals surface area contributed by atoms with Gasteiger partial charge in [0.05, 0.1) is 13.2 Å². The highest BCUT2D eigenvalue weighted by atomic mass is 16.5. The predicted molar refractivity (Wildman–Crippen MR) is 69.8 cm³/mol. The molecule has 5 nitrogen and oxygen atoms in total. The normalized spacial score (nSPS) is 23.7. The molecule has 1 aromatic rings. The molecule has 0 amide bonds. The lowest BCUT2D eigenvalue weighted by atomic mass is 9.87. The number of aryl methyl sites for hydroxylation is 1. The molecule has 0 saturated heterocycles. The molecule has 0 aliphatic heterocycles. The van der Waals surface area contributed by atoms with E-state index < -0.39 is 0 Å². The maximum Gasteiger partial charge on any atom is 0.218 e. The zero-order valence-corrected chi connectivity index (χ0v) is 11.0. The Labute approximate surface area is 108 Å². The number of aromatic nitrogens is 2. The number of methoxy groups -OCH3 is 1. The Morgan fingerprint density at radius 1 is 1.44 bits per heavy atom. The van der Waals surface area contributed by atoms with Crippen molar-refractivity contribution in [3.63, 3.8) is 0 Å². The summed E-state index contributed by atoms with van der Waals surface area (Å²) in [4.78, 5) is 8.47. The van der Waals surface area contributed by atoms with Crippen LogP contribution in [0.5, 0.6) is 5.88 Å². The number of rotatable bonds is 4. The van der Waals surface area contributed by atoms with Gasteiger partial charge in [-0.3, -0.25) is 0 Å². The van der Waals surface area contributed by atoms with Crippen molar-refractivity contribution < 1.29 is 9.84 Å². The molecule has 5 heteroatoms. The molecular formula is C13H21N3O2. The lowest BCUT2D eigenvalue weighted by Crippen LogP contribution is -2.25.